The molecule has 1 aliphatic heterocycles. The molecule has 2 aromatic carbocycles. The Morgan fingerprint density at radius 2 is 1.74 bits per heavy atom. The van der Waals surface area contributed by atoms with Gasteiger partial charge >= 0.3 is 5.97 Å². The fourth-order valence-corrected chi connectivity index (χ4v) is 5.44. The molecule has 0 atom stereocenters. The average Bonchev–Trinajstić information content (AvgIpc) is 3.23. The summed E-state index contributed by atoms with van der Waals surface area (Å²) in [6.07, 6.45) is 4.09. The zero-order valence-corrected chi connectivity index (χ0v) is 18.6. The molecular formula is C23H23ClN2O4S. The first-order chi connectivity index (χ1) is 14.8. The van der Waals surface area contributed by atoms with Gasteiger partial charge in [0.2, 0.25) is 10.0 Å². The first kappa shape index (κ1) is 21.6. The van der Waals surface area contributed by atoms with Crippen molar-refractivity contribution in [1.82, 2.24) is 8.87 Å². The van der Waals surface area contributed by atoms with Gasteiger partial charge in [-0.2, -0.15) is 4.31 Å². The summed E-state index contributed by atoms with van der Waals surface area (Å²) in [7, 11) is -1.77. The highest BCUT2D eigenvalue weighted by atomic mass is 35.5. The van der Waals surface area contributed by atoms with Gasteiger partial charge in [0.05, 0.1) is 15.8 Å². The first-order valence-electron chi connectivity index (χ1n) is 10.0. The minimum Gasteiger partial charge on any atom is -0.425 e. The van der Waals surface area contributed by atoms with E-state index in [9.17, 15) is 13.2 Å². The van der Waals surface area contributed by atoms with E-state index in [-0.39, 0.29) is 29.9 Å². The molecule has 1 saturated heterocycles. The van der Waals surface area contributed by atoms with E-state index in [0.29, 0.717) is 23.6 Å². The second kappa shape index (κ2) is 8.86. The van der Waals surface area contributed by atoms with Crippen LogP contribution in [-0.2, 0) is 21.9 Å². The topological polar surface area (TPSA) is 68.6 Å². The SMILES string of the molecule is Cn1ccc(S(=O)(=O)N2CCC(C(=O)Oc3ccc(-c4ccccc4)cc3Cl)CC2)c1. The molecular weight excluding hydrogens is 436 g/mol. The fraction of sp³-hybridized carbons (Fsp3) is 0.261. The van der Waals surface area contributed by atoms with Crippen molar-refractivity contribution in [3.8, 4) is 16.9 Å². The number of hydrogen-bond donors (Lipinski definition) is 0. The highest BCUT2D eigenvalue weighted by molar-refractivity contribution is 7.89. The molecule has 2 heterocycles. The van der Waals surface area contributed by atoms with Gasteiger partial charge in [-0.25, -0.2) is 8.42 Å². The molecule has 0 N–H and O–H groups in total. The van der Waals surface area contributed by atoms with E-state index in [4.69, 9.17) is 16.3 Å². The lowest BCUT2D eigenvalue weighted by Crippen LogP contribution is -2.41. The van der Waals surface area contributed by atoms with Gasteiger partial charge in [0, 0.05) is 32.5 Å². The maximum absolute atomic E-state index is 12.7. The van der Waals surface area contributed by atoms with Crippen LogP contribution in [0.2, 0.25) is 5.02 Å². The minimum atomic E-state index is -3.55. The smallest absolute Gasteiger partial charge is 0.314 e. The third-order valence-electron chi connectivity index (χ3n) is 5.48. The molecule has 6 nitrogen and oxygen atoms in total. The van der Waals surface area contributed by atoms with Gasteiger partial charge in [0.25, 0.3) is 0 Å². The van der Waals surface area contributed by atoms with Crippen LogP contribution in [0.15, 0.2) is 71.9 Å². The molecule has 3 aromatic rings. The molecule has 0 saturated carbocycles. The zero-order valence-electron chi connectivity index (χ0n) is 17.1. The van der Waals surface area contributed by atoms with E-state index in [1.807, 2.05) is 36.4 Å². The average molecular weight is 459 g/mol. The summed E-state index contributed by atoms with van der Waals surface area (Å²) in [6.45, 7) is 0.551. The summed E-state index contributed by atoms with van der Waals surface area (Å²) in [4.78, 5) is 12.9. The Labute approximate surface area is 187 Å². The molecule has 0 aliphatic carbocycles. The highest BCUT2D eigenvalue weighted by Crippen LogP contribution is 2.32. The van der Waals surface area contributed by atoms with Gasteiger partial charge in [-0.1, -0.05) is 48.0 Å². The number of aromatic nitrogens is 1. The Hall–Kier alpha value is -2.61. The zero-order chi connectivity index (χ0) is 22.0. The van der Waals surface area contributed by atoms with Crippen LogP contribution < -0.4 is 4.74 Å². The van der Waals surface area contributed by atoms with Crippen molar-refractivity contribution < 1.29 is 17.9 Å². The van der Waals surface area contributed by atoms with Crippen molar-refractivity contribution in [2.24, 2.45) is 13.0 Å². The molecule has 0 bridgehead atoms. The number of ether oxygens (including phenoxy) is 1. The number of piperidine rings is 1. The third-order valence-corrected chi connectivity index (χ3v) is 7.66. The number of hydrogen-bond acceptors (Lipinski definition) is 4. The Bertz CT molecular complexity index is 1180. The standard InChI is InChI=1S/C23H23ClN2O4S/c1-25-12-11-20(16-25)31(28,29)26-13-9-18(10-14-26)23(27)30-22-8-7-19(15-21(22)24)17-5-3-2-4-6-17/h2-8,11-12,15-16,18H,9-10,13-14H2,1H3. The molecule has 0 radical (unpaired) electrons. The van der Waals surface area contributed by atoms with Gasteiger partial charge in [-0.15, -0.1) is 0 Å². The first-order valence-corrected chi connectivity index (χ1v) is 11.9. The lowest BCUT2D eigenvalue weighted by molar-refractivity contribution is -0.140. The summed E-state index contributed by atoms with van der Waals surface area (Å²) in [5, 5.41) is 0.360. The van der Waals surface area contributed by atoms with E-state index in [2.05, 4.69) is 0 Å². The molecule has 0 unspecified atom stereocenters. The number of nitrogens with zero attached hydrogens (tertiary/aromatic N) is 2. The number of carbonyl (C=O) groups excluding carboxylic acids is 1. The molecule has 162 valence electrons. The number of benzene rings is 2. The molecule has 8 heteroatoms. The lowest BCUT2D eigenvalue weighted by Gasteiger charge is -2.29. The van der Waals surface area contributed by atoms with E-state index < -0.39 is 10.0 Å². The Kier molecular flexibility index (Phi) is 6.18. The summed E-state index contributed by atoms with van der Waals surface area (Å²) < 4.78 is 34.1. The van der Waals surface area contributed by atoms with Crippen molar-refractivity contribution in [3.63, 3.8) is 0 Å². The van der Waals surface area contributed by atoms with E-state index in [1.165, 1.54) is 4.31 Å². The monoisotopic (exact) mass is 458 g/mol. The molecule has 1 aromatic heterocycles. The van der Waals surface area contributed by atoms with Gasteiger partial charge in [-0.3, -0.25) is 4.79 Å². The number of esters is 1. The van der Waals surface area contributed by atoms with Crippen LogP contribution in [0.25, 0.3) is 11.1 Å². The summed E-state index contributed by atoms with van der Waals surface area (Å²) in [6, 6.07) is 16.7. The van der Waals surface area contributed by atoms with Crippen molar-refractivity contribution in [3.05, 3.63) is 72.0 Å². The fourth-order valence-electron chi connectivity index (χ4n) is 3.70. The van der Waals surface area contributed by atoms with Crippen LogP contribution in [-0.4, -0.2) is 36.3 Å². The molecule has 31 heavy (non-hydrogen) atoms. The normalized spacial score (nSPS) is 15.7. The summed E-state index contributed by atoms with van der Waals surface area (Å²) in [5.41, 5.74) is 1.96. The number of halogens is 1. The van der Waals surface area contributed by atoms with Crippen LogP contribution in [0.3, 0.4) is 0 Å². The summed E-state index contributed by atoms with van der Waals surface area (Å²) in [5.74, 6) is -0.441. The highest BCUT2D eigenvalue weighted by Gasteiger charge is 2.33. The molecule has 1 fully saturated rings. The van der Waals surface area contributed by atoms with Crippen LogP contribution in [0.1, 0.15) is 12.8 Å². The second-order valence-electron chi connectivity index (χ2n) is 7.62. The third kappa shape index (κ3) is 4.69. The number of rotatable bonds is 5. The van der Waals surface area contributed by atoms with Crippen molar-refractivity contribution in [2.45, 2.75) is 17.7 Å². The van der Waals surface area contributed by atoms with Crippen LogP contribution in [0.4, 0.5) is 0 Å². The summed E-state index contributed by atoms with van der Waals surface area (Å²) >= 11 is 6.35. The number of carbonyl (C=O) groups is 1. The van der Waals surface area contributed by atoms with Gasteiger partial charge in [0.15, 0.2) is 0 Å². The quantitative estimate of drug-likeness (QED) is 0.421. The van der Waals surface area contributed by atoms with Crippen molar-refractivity contribution in [1.29, 1.82) is 0 Å². The van der Waals surface area contributed by atoms with E-state index in [0.717, 1.165) is 11.1 Å². The van der Waals surface area contributed by atoms with Crippen molar-refractivity contribution >= 4 is 27.6 Å². The Balaban J connectivity index is 1.38. The molecule has 1 aliphatic rings. The molecule has 0 amide bonds. The number of aryl methyl sites for hydroxylation is 1. The maximum atomic E-state index is 12.7. The van der Waals surface area contributed by atoms with Gasteiger partial charge in [0.1, 0.15) is 5.75 Å². The predicted octanol–water partition coefficient (Wildman–Crippen LogP) is 4.35. The lowest BCUT2D eigenvalue weighted by atomic mass is 9.98. The predicted molar refractivity (Wildman–Crippen MR) is 119 cm³/mol. The molecule has 0 spiro atoms. The van der Waals surface area contributed by atoms with Crippen LogP contribution in [0.5, 0.6) is 5.75 Å². The maximum Gasteiger partial charge on any atom is 0.314 e. The van der Waals surface area contributed by atoms with Crippen LogP contribution >= 0.6 is 11.6 Å². The van der Waals surface area contributed by atoms with Gasteiger partial charge < -0.3 is 9.30 Å². The molecule has 4 rings (SSSR count). The minimum absolute atomic E-state index is 0.265. The van der Waals surface area contributed by atoms with Crippen molar-refractivity contribution in [2.75, 3.05) is 13.1 Å². The Morgan fingerprint density at radius 3 is 2.35 bits per heavy atom. The largest absolute Gasteiger partial charge is 0.425 e. The van der Waals surface area contributed by atoms with Crippen LogP contribution in [0, 0.1) is 5.92 Å². The van der Waals surface area contributed by atoms with Gasteiger partial charge in [-0.05, 0) is 42.2 Å². The van der Waals surface area contributed by atoms with E-state index in [1.54, 1.807) is 42.2 Å². The number of sulfonamides is 1. The second-order valence-corrected chi connectivity index (χ2v) is 9.97. The Morgan fingerprint density at radius 1 is 1.03 bits per heavy atom. The van der Waals surface area contributed by atoms with E-state index >= 15 is 0 Å².